The van der Waals surface area contributed by atoms with E-state index in [-0.39, 0.29) is 11.3 Å². The Bertz CT molecular complexity index is 2240. The van der Waals surface area contributed by atoms with Crippen molar-refractivity contribution in [3.63, 3.8) is 0 Å². The molecule has 0 atom stereocenters. The molecule has 0 aliphatic rings. The van der Waals surface area contributed by atoms with E-state index in [9.17, 15) is 26.0 Å². The maximum atomic E-state index is 13.3. The number of benzene rings is 4. The van der Waals surface area contributed by atoms with Gasteiger partial charge in [-0.05, 0) is 79.6 Å². The molecule has 0 aliphatic carbocycles. The zero-order valence-corrected chi connectivity index (χ0v) is 26.1. The summed E-state index contributed by atoms with van der Waals surface area (Å²) in [4.78, 5) is 14.3. The largest absolute Gasteiger partial charge is 0.431 e. The second-order valence-electron chi connectivity index (χ2n) is 11.3. The van der Waals surface area contributed by atoms with Gasteiger partial charge < -0.3 is 9.47 Å². The molecule has 0 aliphatic heterocycles. The van der Waals surface area contributed by atoms with Crippen molar-refractivity contribution in [2.24, 2.45) is 0 Å². The summed E-state index contributed by atoms with van der Waals surface area (Å²) in [6.07, 6.45) is 2.86. The quantitative estimate of drug-likeness (QED) is 0.143. The number of nitrogens with zero attached hydrogens (tertiary/aromatic N) is 3. The number of halogens is 4. The van der Waals surface area contributed by atoms with Crippen LogP contribution >= 0.6 is 0 Å². The third-order valence-electron chi connectivity index (χ3n) is 7.99. The lowest BCUT2D eigenvalue weighted by Gasteiger charge is -2.24. The zero-order valence-electron chi connectivity index (χ0n) is 25.3. The molecular weight excluding hydrogens is 634 g/mol. The van der Waals surface area contributed by atoms with Crippen LogP contribution in [0.3, 0.4) is 0 Å². The number of alkyl halides is 4. The number of sulfone groups is 1. The standard InChI is InChI=1S/C35H27F4N3O4S/c1-35(2,47(3,43)44)24-17-22-10-7-15-40-30(22)25(19-24)20-8-6-9-21(16-20)31-32(42-27-12-5-4-11-26(27)41-31)23-13-14-28(45-33(36)37)29(18-23)46-34(38)39/h4-19,33-34H,1-3H3. The molecule has 2 aromatic heterocycles. The van der Waals surface area contributed by atoms with E-state index in [1.54, 1.807) is 62.5 Å². The number of fused-ring (bicyclic) bond motifs is 2. The summed E-state index contributed by atoms with van der Waals surface area (Å²) in [5.74, 6) is -1.15. The fourth-order valence-electron chi connectivity index (χ4n) is 5.25. The Labute approximate surface area is 267 Å². The van der Waals surface area contributed by atoms with Crippen molar-refractivity contribution >= 4 is 31.8 Å². The van der Waals surface area contributed by atoms with Crippen LogP contribution in [0.25, 0.3) is 55.6 Å². The molecule has 0 saturated heterocycles. The minimum atomic E-state index is -3.50. The van der Waals surface area contributed by atoms with Crippen LogP contribution in [0, 0.1) is 0 Å². The second kappa shape index (κ2) is 12.3. The average Bonchev–Trinajstić information content (AvgIpc) is 3.03. The molecule has 12 heteroatoms. The maximum absolute atomic E-state index is 13.3. The highest BCUT2D eigenvalue weighted by molar-refractivity contribution is 7.91. The molecule has 0 amide bonds. The van der Waals surface area contributed by atoms with E-state index in [2.05, 4.69) is 14.5 Å². The molecule has 0 N–H and O–H groups in total. The van der Waals surface area contributed by atoms with Gasteiger partial charge in [0.2, 0.25) is 0 Å². The number of para-hydroxylation sites is 2. The predicted octanol–water partition coefficient (Wildman–Crippen LogP) is 8.66. The Morgan fingerprint density at radius 1 is 0.681 bits per heavy atom. The molecule has 4 aromatic carbocycles. The molecule has 240 valence electrons. The highest BCUT2D eigenvalue weighted by Gasteiger charge is 2.33. The Morgan fingerprint density at radius 2 is 1.30 bits per heavy atom. The van der Waals surface area contributed by atoms with Gasteiger partial charge in [0.15, 0.2) is 21.3 Å². The molecule has 2 heterocycles. The average molecular weight is 662 g/mol. The molecule has 6 rings (SSSR count). The lowest BCUT2D eigenvalue weighted by molar-refractivity contribution is -0.0691. The molecule has 0 unspecified atom stereocenters. The summed E-state index contributed by atoms with van der Waals surface area (Å²) in [6.45, 7) is -3.25. The van der Waals surface area contributed by atoms with Gasteiger partial charge in [-0.2, -0.15) is 17.6 Å². The number of ether oxygens (including phenoxy) is 2. The van der Waals surface area contributed by atoms with Crippen LogP contribution in [0.1, 0.15) is 19.4 Å². The first-order chi connectivity index (χ1) is 22.3. The fraction of sp³-hybridized carbons (Fsp3) is 0.171. The van der Waals surface area contributed by atoms with E-state index in [0.29, 0.717) is 44.5 Å². The van der Waals surface area contributed by atoms with Crippen LogP contribution in [0.5, 0.6) is 11.5 Å². The van der Waals surface area contributed by atoms with Crippen LogP contribution in [-0.4, -0.2) is 42.8 Å². The smallest absolute Gasteiger partial charge is 0.387 e. The molecule has 0 fully saturated rings. The van der Waals surface area contributed by atoms with Crippen LogP contribution in [0.2, 0.25) is 0 Å². The third-order valence-corrected chi connectivity index (χ3v) is 10.1. The zero-order chi connectivity index (χ0) is 33.5. The number of hydrogen-bond acceptors (Lipinski definition) is 7. The minimum Gasteiger partial charge on any atom is -0.431 e. The van der Waals surface area contributed by atoms with Crippen LogP contribution in [0.15, 0.2) is 97.2 Å². The van der Waals surface area contributed by atoms with Crippen molar-refractivity contribution in [3.8, 4) is 45.1 Å². The van der Waals surface area contributed by atoms with Gasteiger partial charge in [0, 0.05) is 34.5 Å². The topological polar surface area (TPSA) is 91.3 Å². The molecule has 0 bridgehead atoms. The van der Waals surface area contributed by atoms with Crippen molar-refractivity contribution in [2.75, 3.05) is 6.26 Å². The van der Waals surface area contributed by atoms with Crippen LogP contribution < -0.4 is 9.47 Å². The van der Waals surface area contributed by atoms with E-state index in [0.717, 1.165) is 17.5 Å². The number of hydrogen-bond donors (Lipinski definition) is 0. The van der Waals surface area contributed by atoms with Crippen LogP contribution in [0.4, 0.5) is 17.6 Å². The summed E-state index contributed by atoms with van der Waals surface area (Å²) < 4.78 is 85.9. The Morgan fingerprint density at radius 3 is 1.94 bits per heavy atom. The van der Waals surface area contributed by atoms with Gasteiger partial charge in [-0.25, -0.2) is 18.4 Å². The van der Waals surface area contributed by atoms with Crippen LogP contribution in [-0.2, 0) is 14.6 Å². The third kappa shape index (κ3) is 6.33. The Hall–Kier alpha value is -5.10. The van der Waals surface area contributed by atoms with E-state index < -0.39 is 39.3 Å². The SMILES string of the molecule is CC(C)(c1cc(-c2cccc(-c3nc4ccccc4nc3-c3ccc(OC(F)F)c(OC(F)F)c3)c2)c2ncccc2c1)S(C)(=O)=O. The monoisotopic (exact) mass is 661 g/mol. The molecule has 0 radical (unpaired) electrons. The number of pyridine rings is 1. The Balaban J connectivity index is 1.57. The van der Waals surface area contributed by atoms with Gasteiger partial charge in [-0.15, -0.1) is 0 Å². The molecule has 0 saturated carbocycles. The fourth-order valence-corrected chi connectivity index (χ4v) is 5.79. The van der Waals surface area contributed by atoms with E-state index >= 15 is 0 Å². The summed E-state index contributed by atoms with van der Waals surface area (Å²) >= 11 is 0. The van der Waals surface area contributed by atoms with E-state index in [1.807, 2.05) is 30.3 Å². The lowest BCUT2D eigenvalue weighted by Crippen LogP contribution is -2.28. The predicted molar refractivity (Wildman–Crippen MR) is 172 cm³/mol. The lowest BCUT2D eigenvalue weighted by atomic mass is 9.92. The summed E-state index contributed by atoms with van der Waals surface area (Å²) in [5, 5.41) is 0.756. The van der Waals surface area contributed by atoms with Crippen molar-refractivity contribution in [1.82, 2.24) is 15.0 Å². The minimum absolute atomic E-state index is 0.268. The summed E-state index contributed by atoms with van der Waals surface area (Å²) in [5.41, 5.74) is 5.23. The first kappa shape index (κ1) is 31.9. The highest BCUT2D eigenvalue weighted by Crippen LogP contribution is 2.40. The van der Waals surface area contributed by atoms with Gasteiger partial charge in [0.25, 0.3) is 0 Å². The maximum Gasteiger partial charge on any atom is 0.387 e. The Kier molecular flexibility index (Phi) is 8.31. The van der Waals surface area contributed by atoms with Gasteiger partial charge in [0.05, 0.1) is 32.7 Å². The van der Waals surface area contributed by atoms with Gasteiger partial charge in [0.1, 0.15) is 0 Å². The highest BCUT2D eigenvalue weighted by atomic mass is 32.2. The van der Waals surface area contributed by atoms with Crippen molar-refractivity contribution in [1.29, 1.82) is 0 Å². The number of rotatable bonds is 9. The second-order valence-corrected chi connectivity index (χ2v) is 13.9. The van der Waals surface area contributed by atoms with Crippen molar-refractivity contribution in [2.45, 2.75) is 31.8 Å². The van der Waals surface area contributed by atoms with Gasteiger partial charge >= 0.3 is 13.2 Å². The van der Waals surface area contributed by atoms with Gasteiger partial charge in [-0.3, -0.25) is 4.98 Å². The normalized spacial score (nSPS) is 12.3. The molecule has 6 aromatic rings. The molecule has 0 spiro atoms. The first-order valence-corrected chi connectivity index (χ1v) is 16.2. The molecule has 47 heavy (non-hydrogen) atoms. The number of aromatic nitrogens is 3. The summed E-state index contributed by atoms with van der Waals surface area (Å²) in [6, 6.07) is 25.4. The molecular formula is C35H27F4N3O4S. The van der Waals surface area contributed by atoms with E-state index in [4.69, 9.17) is 9.97 Å². The van der Waals surface area contributed by atoms with Crippen molar-refractivity contribution < 1.29 is 35.5 Å². The first-order valence-electron chi connectivity index (χ1n) is 14.3. The van der Waals surface area contributed by atoms with Crippen molar-refractivity contribution in [3.05, 3.63) is 103 Å². The van der Waals surface area contributed by atoms with E-state index in [1.165, 1.54) is 12.3 Å². The summed E-state index contributed by atoms with van der Waals surface area (Å²) in [7, 11) is -3.50. The molecule has 7 nitrogen and oxygen atoms in total. The van der Waals surface area contributed by atoms with Gasteiger partial charge in [-0.1, -0.05) is 36.4 Å².